The number of hydrogen-bond donors (Lipinski definition) is 1. The number of aromatic hydroxyl groups is 1. The number of aromatic nitrogens is 1. The Morgan fingerprint density at radius 3 is 2.25 bits per heavy atom. The minimum absolute atomic E-state index is 0.0215. The normalized spacial score (nSPS) is 11.1. The van der Waals surface area contributed by atoms with E-state index in [4.69, 9.17) is 0 Å². The van der Waals surface area contributed by atoms with Gasteiger partial charge in [-0.1, -0.05) is 27.7 Å². The molecular formula is C11H16N2O3. The highest BCUT2D eigenvalue weighted by atomic mass is 16.6. The molecular weight excluding hydrogens is 208 g/mol. The zero-order valence-electron chi connectivity index (χ0n) is 9.89. The molecule has 0 spiro atoms. The second-order valence-corrected chi connectivity index (χ2v) is 4.37. The van der Waals surface area contributed by atoms with Crippen molar-refractivity contribution in [3.8, 4) is 5.88 Å². The first-order valence-electron chi connectivity index (χ1n) is 5.22. The number of nitro groups is 1. The van der Waals surface area contributed by atoms with Crippen LogP contribution in [0.2, 0.25) is 0 Å². The molecule has 0 aliphatic heterocycles. The fraction of sp³-hybridized carbons (Fsp3) is 0.545. The van der Waals surface area contributed by atoms with Gasteiger partial charge in [-0.15, -0.1) is 0 Å². The predicted molar refractivity (Wildman–Crippen MR) is 60.7 cm³/mol. The van der Waals surface area contributed by atoms with E-state index in [2.05, 4.69) is 4.98 Å². The summed E-state index contributed by atoms with van der Waals surface area (Å²) in [5, 5.41) is 20.5. The summed E-state index contributed by atoms with van der Waals surface area (Å²) in [5.41, 5.74) is 0.901. The van der Waals surface area contributed by atoms with Gasteiger partial charge in [-0.05, 0) is 5.92 Å². The van der Waals surface area contributed by atoms with E-state index < -0.39 is 4.92 Å². The Balaban J connectivity index is 3.54. The molecule has 1 aromatic rings. The molecule has 0 unspecified atom stereocenters. The maximum Gasteiger partial charge on any atom is 0.294 e. The molecule has 1 aromatic heterocycles. The third-order valence-electron chi connectivity index (χ3n) is 2.39. The maximum atomic E-state index is 11.0. The van der Waals surface area contributed by atoms with Crippen LogP contribution >= 0.6 is 0 Å². The molecule has 0 aromatic carbocycles. The summed E-state index contributed by atoms with van der Waals surface area (Å²) in [6, 6.07) is 1.37. The molecule has 1 N–H and O–H groups in total. The predicted octanol–water partition coefficient (Wildman–Crippen LogP) is 2.94. The van der Waals surface area contributed by atoms with Crippen LogP contribution in [0.5, 0.6) is 5.88 Å². The van der Waals surface area contributed by atoms with Gasteiger partial charge in [-0.2, -0.15) is 0 Å². The zero-order chi connectivity index (χ0) is 12.5. The van der Waals surface area contributed by atoms with Gasteiger partial charge in [0.25, 0.3) is 5.69 Å². The van der Waals surface area contributed by atoms with E-state index in [9.17, 15) is 15.2 Å². The largest absolute Gasteiger partial charge is 0.493 e. The van der Waals surface area contributed by atoms with Crippen molar-refractivity contribution in [2.45, 2.75) is 39.5 Å². The van der Waals surface area contributed by atoms with Crippen LogP contribution in [-0.4, -0.2) is 15.0 Å². The quantitative estimate of drug-likeness (QED) is 0.632. The van der Waals surface area contributed by atoms with Crippen molar-refractivity contribution in [2.75, 3.05) is 0 Å². The molecule has 1 heterocycles. The molecule has 88 valence electrons. The van der Waals surface area contributed by atoms with Crippen molar-refractivity contribution in [1.29, 1.82) is 0 Å². The van der Waals surface area contributed by atoms with E-state index in [-0.39, 0.29) is 23.4 Å². The lowest BCUT2D eigenvalue weighted by Crippen LogP contribution is -2.05. The first kappa shape index (κ1) is 12.4. The molecule has 0 amide bonds. The van der Waals surface area contributed by atoms with E-state index in [1.165, 1.54) is 6.07 Å². The SMILES string of the molecule is CC(C)c1cc(O)nc(C(C)C)c1[N+](=O)[O-]. The summed E-state index contributed by atoms with van der Waals surface area (Å²) in [6.45, 7) is 7.34. The van der Waals surface area contributed by atoms with Crippen LogP contribution in [0.4, 0.5) is 5.69 Å². The molecule has 0 radical (unpaired) electrons. The van der Waals surface area contributed by atoms with Crippen LogP contribution in [0.15, 0.2) is 6.07 Å². The third kappa shape index (κ3) is 2.29. The molecule has 0 saturated heterocycles. The van der Waals surface area contributed by atoms with Gasteiger partial charge in [0.05, 0.1) is 4.92 Å². The van der Waals surface area contributed by atoms with E-state index in [0.717, 1.165) is 0 Å². The molecule has 0 atom stereocenters. The molecule has 0 aliphatic rings. The lowest BCUT2D eigenvalue weighted by atomic mass is 9.97. The van der Waals surface area contributed by atoms with Gasteiger partial charge in [-0.25, -0.2) is 4.98 Å². The van der Waals surface area contributed by atoms with Gasteiger partial charge in [0.1, 0.15) is 5.69 Å². The van der Waals surface area contributed by atoms with Crippen LogP contribution < -0.4 is 0 Å². The minimum atomic E-state index is -0.420. The average molecular weight is 224 g/mol. The summed E-state index contributed by atoms with van der Waals surface area (Å²) in [4.78, 5) is 14.5. The van der Waals surface area contributed by atoms with Gasteiger partial charge in [0, 0.05) is 17.5 Å². The summed E-state index contributed by atoms with van der Waals surface area (Å²) < 4.78 is 0. The fourth-order valence-corrected chi connectivity index (χ4v) is 1.61. The summed E-state index contributed by atoms with van der Waals surface area (Å²) in [5.74, 6) is -0.269. The molecule has 5 heteroatoms. The van der Waals surface area contributed by atoms with Crippen molar-refractivity contribution >= 4 is 5.69 Å². The van der Waals surface area contributed by atoms with Crippen molar-refractivity contribution in [1.82, 2.24) is 4.98 Å². The second kappa shape index (κ2) is 4.47. The number of hydrogen-bond acceptors (Lipinski definition) is 4. The molecule has 0 bridgehead atoms. The van der Waals surface area contributed by atoms with Crippen molar-refractivity contribution in [3.63, 3.8) is 0 Å². The van der Waals surface area contributed by atoms with Crippen molar-refractivity contribution in [2.24, 2.45) is 0 Å². The Morgan fingerprint density at radius 2 is 1.88 bits per heavy atom. The maximum absolute atomic E-state index is 11.0. The van der Waals surface area contributed by atoms with E-state index in [1.807, 2.05) is 27.7 Å². The fourth-order valence-electron chi connectivity index (χ4n) is 1.61. The molecule has 0 fully saturated rings. The van der Waals surface area contributed by atoms with E-state index >= 15 is 0 Å². The second-order valence-electron chi connectivity index (χ2n) is 4.37. The smallest absolute Gasteiger partial charge is 0.294 e. The standard InChI is InChI=1S/C11H16N2O3/c1-6(2)8-5-9(14)12-10(7(3)4)11(8)13(15)16/h5-7H,1-4H3,(H,12,14). The van der Waals surface area contributed by atoms with Crippen LogP contribution in [0, 0.1) is 10.1 Å². The zero-order valence-corrected chi connectivity index (χ0v) is 9.89. The molecule has 0 aliphatic carbocycles. The summed E-state index contributed by atoms with van der Waals surface area (Å²) in [7, 11) is 0. The first-order chi connectivity index (χ1) is 7.34. The molecule has 5 nitrogen and oxygen atoms in total. The van der Waals surface area contributed by atoms with Gasteiger partial charge in [-0.3, -0.25) is 10.1 Å². The third-order valence-corrected chi connectivity index (χ3v) is 2.39. The molecule has 0 saturated carbocycles. The van der Waals surface area contributed by atoms with E-state index in [1.54, 1.807) is 0 Å². The Bertz CT molecular complexity index is 385. The van der Waals surface area contributed by atoms with Crippen LogP contribution in [0.1, 0.15) is 50.8 Å². The minimum Gasteiger partial charge on any atom is -0.493 e. The van der Waals surface area contributed by atoms with Crippen LogP contribution in [0.3, 0.4) is 0 Å². The van der Waals surface area contributed by atoms with Crippen molar-refractivity contribution in [3.05, 3.63) is 27.4 Å². The van der Waals surface area contributed by atoms with Gasteiger partial charge in [0.2, 0.25) is 5.88 Å². The number of pyridine rings is 1. The Kier molecular flexibility index (Phi) is 3.47. The molecule has 1 rings (SSSR count). The summed E-state index contributed by atoms with van der Waals surface area (Å²) in [6.07, 6.45) is 0. The van der Waals surface area contributed by atoms with E-state index in [0.29, 0.717) is 11.3 Å². The highest BCUT2D eigenvalue weighted by molar-refractivity contribution is 5.49. The highest BCUT2D eigenvalue weighted by Gasteiger charge is 2.26. The number of rotatable bonds is 3. The highest BCUT2D eigenvalue weighted by Crippen LogP contribution is 2.34. The van der Waals surface area contributed by atoms with Crippen LogP contribution in [-0.2, 0) is 0 Å². The van der Waals surface area contributed by atoms with Crippen molar-refractivity contribution < 1.29 is 10.0 Å². The number of nitrogens with zero attached hydrogens (tertiary/aromatic N) is 2. The lowest BCUT2D eigenvalue weighted by Gasteiger charge is -2.12. The first-order valence-corrected chi connectivity index (χ1v) is 5.22. The lowest BCUT2D eigenvalue weighted by molar-refractivity contribution is -0.386. The Labute approximate surface area is 94.3 Å². The Hall–Kier alpha value is -1.65. The van der Waals surface area contributed by atoms with Crippen LogP contribution in [0.25, 0.3) is 0 Å². The average Bonchev–Trinajstić information content (AvgIpc) is 2.15. The topological polar surface area (TPSA) is 76.3 Å². The van der Waals surface area contributed by atoms with Gasteiger partial charge in [0.15, 0.2) is 0 Å². The monoisotopic (exact) mass is 224 g/mol. The van der Waals surface area contributed by atoms with Gasteiger partial charge >= 0.3 is 0 Å². The van der Waals surface area contributed by atoms with Gasteiger partial charge < -0.3 is 5.11 Å². The molecule has 16 heavy (non-hydrogen) atoms. The Morgan fingerprint density at radius 1 is 1.31 bits per heavy atom. The summed E-state index contributed by atoms with van der Waals surface area (Å²) >= 11 is 0.